The van der Waals surface area contributed by atoms with Crippen LogP contribution in [0.4, 0.5) is 29.5 Å². The zero-order valence-electron chi connectivity index (χ0n) is 16.2. The van der Waals surface area contributed by atoms with Crippen LogP contribution in [0.5, 0.6) is 0 Å². The second-order valence-corrected chi connectivity index (χ2v) is 7.26. The lowest BCUT2D eigenvalue weighted by molar-refractivity contribution is -0.173. The van der Waals surface area contributed by atoms with E-state index < -0.39 is 24.3 Å². The molecule has 2 amide bonds. The highest BCUT2D eigenvalue weighted by atomic mass is 19.4. The molecule has 1 aliphatic rings. The number of alkyl halides is 3. The molecular weight excluding hydrogens is 399 g/mol. The summed E-state index contributed by atoms with van der Waals surface area (Å²) in [6.07, 6.45) is -2.91. The van der Waals surface area contributed by atoms with Gasteiger partial charge in [-0.15, -0.1) is 0 Å². The fourth-order valence-electron chi connectivity index (χ4n) is 3.75. The molecule has 4 N–H and O–H groups in total. The number of hydrogen-bond acceptors (Lipinski definition) is 4. The van der Waals surface area contributed by atoms with Crippen LogP contribution < -0.4 is 16.4 Å². The van der Waals surface area contributed by atoms with Gasteiger partial charge in [0.05, 0.1) is 17.4 Å². The van der Waals surface area contributed by atoms with Gasteiger partial charge in [-0.2, -0.15) is 23.4 Å². The number of hydrogen-bond donors (Lipinski definition) is 3. The van der Waals surface area contributed by atoms with E-state index in [1.165, 1.54) is 0 Å². The van der Waals surface area contributed by atoms with Gasteiger partial charge in [-0.05, 0) is 19.1 Å². The summed E-state index contributed by atoms with van der Waals surface area (Å²) in [6, 6.07) is 5.12. The van der Waals surface area contributed by atoms with Crippen LogP contribution in [0.1, 0.15) is 29.8 Å². The highest BCUT2D eigenvalue weighted by molar-refractivity contribution is 5.88. The van der Waals surface area contributed by atoms with Crippen molar-refractivity contribution in [1.29, 1.82) is 0 Å². The van der Waals surface area contributed by atoms with Crippen molar-refractivity contribution in [3.8, 4) is 11.3 Å². The molecule has 0 aliphatic carbocycles. The summed E-state index contributed by atoms with van der Waals surface area (Å²) >= 11 is 0. The first-order valence-corrected chi connectivity index (χ1v) is 9.21. The maximum Gasteiger partial charge on any atom is 0.410 e. The lowest BCUT2D eigenvalue weighted by Gasteiger charge is -2.33. The highest BCUT2D eigenvalue weighted by Crippen LogP contribution is 2.44. The van der Waals surface area contributed by atoms with Crippen molar-refractivity contribution in [3.63, 3.8) is 0 Å². The molecule has 1 aliphatic heterocycles. The molecule has 2 unspecified atom stereocenters. The summed E-state index contributed by atoms with van der Waals surface area (Å²) in [7, 11) is 1.74. The average Bonchev–Trinajstić information content (AvgIpc) is 3.22. The van der Waals surface area contributed by atoms with Gasteiger partial charge in [0.25, 0.3) is 0 Å². The predicted molar refractivity (Wildman–Crippen MR) is 105 cm³/mol. The number of amides is 2. The molecule has 158 valence electrons. The Kier molecular flexibility index (Phi) is 4.67. The van der Waals surface area contributed by atoms with Crippen molar-refractivity contribution >= 4 is 17.5 Å². The number of aromatic nitrogens is 4. The van der Waals surface area contributed by atoms with Gasteiger partial charge < -0.3 is 16.4 Å². The number of urea groups is 1. The molecule has 0 saturated heterocycles. The summed E-state index contributed by atoms with van der Waals surface area (Å²) in [5.74, 6) is 0.283. The molecule has 11 heteroatoms. The summed E-state index contributed by atoms with van der Waals surface area (Å²) in [6.45, 7) is 1.78. The number of nitrogens with one attached hydrogen (secondary N) is 2. The Morgan fingerprint density at radius 2 is 1.97 bits per heavy atom. The third-order valence-corrected chi connectivity index (χ3v) is 5.06. The number of nitrogens with two attached hydrogens (primary N) is 1. The second-order valence-electron chi connectivity index (χ2n) is 7.26. The Labute approximate surface area is 169 Å². The standard InChI is InChI=1S/C19H20F3N7O/c1-10-13(9-28(2)26-10)15-7-16(19(20,21)22)29-17(25-15)8-14(27-29)11-3-5-12(6-4-11)24-18(23)30/h3-6,8-9,15-16,25H,7H2,1-2H3,(H3,23,24,30). The summed E-state index contributed by atoms with van der Waals surface area (Å²) in [4.78, 5) is 10.9. The molecule has 3 heterocycles. The molecule has 30 heavy (non-hydrogen) atoms. The van der Waals surface area contributed by atoms with Crippen molar-refractivity contribution in [2.45, 2.75) is 31.6 Å². The van der Waals surface area contributed by atoms with Crippen LogP contribution in [0.25, 0.3) is 11.3 Å². The number of anilines is 2. The van der Waals surface area contributed by atoms with Crippen molar-refractivity contribution < 1.29 is 18.0 Å². The van der Waals surface area contributed by atoms with Crippen LogP contribution in [0, 0.1) is 6.92 Å². The first-order valence-electron chi connectivity index (χ1n) is 9.21. The molecule has 2 aromatic heterocycles. The van der Waals surface area contributed by atoms with E-state index in [0.717, 1.165) is 10.2 Å². The van der Waals surface area contributed by atoms with E-state index in [1.54, 1.807) is 55.2 Å². The van der Waals surface area contributed by atoms with E-state index in [2.05, 4.69) is 20.8 Å². The lowest BCUT2D eigenvalue weighted by Crippen LogP contribution is -2.35. The Balaban J connectivity index is 1.69. The number of primary amides is 1. The van der Waals surface area contributed by atoms with Crippen molar-refractivity contribution in [2.24, 2.45) is 12.8 Å². The van der Waals surface area contributed by atoms with Gasteiger partial charge in [-0.3, -0.25) is 4.68 Å². The largest absolute Gasteiger partial charge is 0.410 e. The molecule has 4 rings (SSSR count). The zero-order chi connectivity index (χ0) is 21.6. The Morgan fingerprint density at radius 3 is 2.53 bits per heavy atom. The van der Waals surface area contributed by atoms with Crippen LogP contribution in [0.3, 0.4) is 0 Å². The third kappa shape index (κ3) is 3.70. The number of nitrogens with zero attached hydrogens (tertiary/aromatic N) is 4. The van der Waals surface area contributed by atoms with E-state index in [9.17, 15) is 18.0 Å². The highest BCUT2D eigenvalue weighted by Gasteiger charge is 2.47. The van der Waals surface area contributed by atoms with Crippen LogP contribution >= 0.6 is 0 Å². The van der Waals surface area contributed by atoms with Crippen LogP contribution in [-0.4, -0.2) is 31.8 Å². The number of benzene rings is 1. The molecule has 8 nitrogen and oxygen atoms in total. The summed E-state index contributed by atoms with van der Waals surface area (Å²) in [5.41, 5.74) is 7.97. The van der Waals surface area contributed by atoms with Gasteiger partial charge in [-0.1, -0.05) is 12.1 Å². The Morgan fingerprint density at radius 1 is 1.27 bits per heavy atom. The first-order chi connectivity index (χ1) is 14.1. The maximum absolute atomic E-state index is 13.8. The SMILES string of the molecule is Cc1nn(C)cc1C1CC(C(F)(F)F)n2nc(-c3ccc(NC(N)=O)cc3)cc2N1. The molecule has 2 atom stereocenters. The number of fused-ring (bicyclic) bond motifs is 1. The number of aryl methyl sites for hydroxylation is 2. The quantitative estimate of drug-likeness (QED) is 0.602. The predicted octanol–water partition coefficient (Wildman–Crippen LogP) is 3.74. The third-order valence-electron chi connectivity index (χ3n) is 5.06. The van der Waals surface area contributed by atoms with Crippen molar-refractivity contribution in [1.82, 2.24) is 19.6 Å². The number of rotatable bonds is 3. The van der Waals surface area contributed by atoms with Gasteiger partial charge in [0, 0.05) is 42.5 Å². The van der Waals surface area contributed by atoms with E-state index in [-0.39, 0.29) is 12.2 Å². The van der Waals surface area contributed by atoms with Crippen molar-refractivity contribution in [3.05, 3.63) is 47.8 Å². The molecule has 0 spiro atoms. The lowest BCUT2D eigenvalue weighted by atomic mass is 9.97. The maximum atomic E-state index is 13.8. The molecule has 3 aromatic rings. The second kappa shape index (κ2) is 7.08. The fourth-order valence-corrected chi connectivity index (χ4v) is 3.75. The fraction of sp³-hybridized carbons (Fsp3) is 0.316. The first kappa shape index (κ1) is 19.8. The number of carbonyl (C=O) groups is 1. The number of carbonyl (C=O) groups excluding carboxylic acids is 1. The summed E-state index contributed by atoms with van der Waals surface area (Å²) in [5, 5.41) is 14.1. The molecule has 1 aromatic carbocycles. The van der Waals surface area contributed by atoms with Crippen LogP contribution in [0.2, 0.25) is 0 Å². The minimum atomic E-state index is -4.45. The molecule has 0 fully saturated rings. The number of halogens is 3. The smallest absolute Gasteiger partial charge is 0.363 e. The average molecular weight is 419 g/mol. The van der Waals surface area contributed by atoms with Gasteiger partial charge in [0.2, 0.25) is 0 Å². The minimum Gasteiger partial charge on any atom is -0.363 e. The Hall–Kier alpha value is -3.50. The molecule has 0 bridgehead atoms. The van der Waals surface area contributed by atoms with E-state index in [0.29, 0.717) is 22.6 Å². The summed E-state index contributed by atoms with van der Waals surface area (Å²) < 4.78 is 44.1. The van der Waals surface area contributed by atoms with Gasteiger partial charge in [-0.25, -0.2) is 9.48 Å². The van der Waals surface area contributed by atoms with Gasteiger partial charge in [0.1, 0.15) is 5.82 Å². The molecule has 0 radical (unpaired) electrons. The van der Waals surface area contributed by atoms with E-state index >= 15 is 0 Å². The zero-order valence-corrected chi connectivity index (χ0v) is 16.2. The Bertz CT molecular complexity index is 1080. The van der Waals surface area contributed by atoms with Gasteiger partial charge >= 0.3 is 12.2 Å². The molecule has 0 saturated carbocycles. The van der Waals surface area contributed by atoms with Crippen LogP contribution in [-0.2, 0) is 7.05 Å². The normalized spacial score (nSPS) is 18.6. The van der Waals surface area contributed by atoms with E-state index in [4.69, 9.17) is 5.73 Å². The molecular formula is C19H20F3N7O. The van der Waals surface area contributed by atoms with E-state index in [1.807, 2.05) is 0 Å². The topological polar surface area (TPSA) is 103 Å². The van der Waals surface area contributed by atoms with Crippen LogP contribution in [0.15, 0.2) is 36.5 Å². The monoisotopic (exact) mass is 419 g/mol. The van der Waals surface area contributed by atoms with Crippen molar-refractivity contribution in [2.75, 3.05) is 10.6 Å². The minimum absolute atomic E-state index is 0.189. The van der Waals surface area contributed by atoms with Gasteiger partial charge in [0.15, 0.2) is 6.04 Å².